The Bertz CT molecular complexity index is 933. The Morgan fingerprint density at radius 1 is 1.33 bits per heavy atom. The summed E-state index contributed by atoms with van der Waals surface area (Å²) >= 11 is 0. The average Bonchev–Trinajstić information content (AvgIpc) is 3.38. The van der Waals surface area contributed by atoms with Crippen LogP contribution in [0.3, 0.4) is 0 Å². The number of ether oxygens (including phenoxy) is 1. The molecule has 0 saturated carbocycles. The summed E-state index contributed by atoms with van der Waals surface area (Å²) in [4.78, 5) is 22.9. The largest absolute Gasteiger partial charge is 0.378 e. The molecule has 7 nitrogen and oxygen atoms in total. The second kappa shape index (κ2) is 7.84. The van der Waals surface area contributed by atoms with Gasteiger partial charge < -0.3 is 9.64 Å². The van der Waals surface area contributed by atoms with Gasteiger partial charge in [-0.25, -0.2) is 9.50 Å². The van der Waals surface area contributed by atoms with E-state index in [-0.39, 0.29) is 5.91 Å². The number of hydrogen-bond acceptors (Lipinski definition) is 5. The van der Waals surface area contributed by atoms with Gasteiger partial charge in [0.25, 0.3) is 11.7 Å². The van der Waals surface area contributed by atoms with Crippen molar-refractivity contribution in [2.24, 2.45) is 0 Å². The van der Waals surface area contributed by atoms with Gasteiger partial charge in [-0.3, -0.25) is 4.79 Å². The minimum atomic E-state index is 0.0268. The smallest absolute Gasteiger partial charge is 0.253 e. The highest BCUT2D eigenvalue weighted by atomic mass is 16.5. The third kappa shape index (κ3) is 3.98. The van der Waals surface area contributed by atoms with E-state index in [1.165, 1.54) is 6.33 Å². The van der Waals surface area contributed by atoms with Crippen LogP contribution < -0.4 is 0 Å². The number of carbonyl (C=O) groups excluding carboxylic acids is 1. The Hall–Kier alpha value is -2.80. The Labute approximate surface area is 158 Å². The molecule has 2 aromatic heterocycles. The fourth-order valence-electron chi connectivity index (χ4n) is 3.45. The minimum Gasteiger partial charge on any atom is -0.378 e. The van der Waals surface area contributed by atoms with Crippen LogP contribution in [0.25, 0.3) is 16.9 Å². The van der Waals surface area contributed by atoms with Crippen LogP contribution in [-0.2, 0) is 4.74 Å². The summed E-state index contributed by atoms with van der Waals surface area (Å²) in [5.41, 5.74) is 2.49. The van der Waals surface area contributed by atoms with Gasteiger partial charge in [-0.15, -0.1) is 0 Å². The van der Waals surface area contributed by atoms with Crippen molar-refractivity contribution in [1.29, 1.82) is 0 Å². The lowest BCUT2D eigenvalue weighted by atomic mass is 10.0. The summed E-state index contributed by atoms with van der Waals surface area (Å²) in [5.74, 6) is 0.580. The molecule has 1 fully saturated rings. The monoisotopic (exact) mass is 365 g/mol. The van der Waals surface area contributed by atoms with Crippen LogP contribution in [0.15, 0.2) is 43.0 Å². The molecule has 3 heterocycles. The highest BCUT2D eigenvalue weighted by Crippen LogP contribution is 2.21. The molecule has 0 unspecified atom stereocenters. The Kier molecular flexibility index (Phi) is 5.11. The molecule has 0 radical (unpaired) electrons. The zero-order chi connectivity index (χ0) is 18.6. The van der Waals surface area contributed by atoms with Crippen molar-refractivity contribution in [2.75, 3.05) is 20.2 Å². The van der Waals surface area contributed by atoms with Gasteiger partial charge in [0.1, 0.15) is 6.33 Å². The highest BCUT2D eigenvalue weighted by Gasteiger charge is 2.17. The van der Waals surface area contributed by atoms with Crippen molar-refractivity contribution in [3.63, 3.8) is 0 Å². The van der Waals surface area contributed by atoms with Gasteiger partial charge in [-0.2, -0.15) is 10.1 Å². The quantitative estimate of drug-likeness (QED) is 0.672. The van der Waals surface area contributed by atoms with Gasteiger partial charge in [0.2, 0.25) is 0 Å². The van der Waals surface area contributed by atoms with Crippen molar-refractivity contribution >= 4 is 11.7 Å². The first-order chi connectivity index (χ1) is 13.2. The maximum absolute atomic E-state index is 12.8. The fourth-order valence-corrected chi connectivity index (χ4v) is 3.45. The summed E-state index contributed by atoms with van der Waals surface area (Å²) < 4.78 is 7.27. The van der Waals surface area contributed by atoms with Crippen LogP contribution in [0.2, 0.25) is 0 Å². The maximum Gasteiger partial charge on any atom is 0.253 e. The number of aromatic nitrogens is 4. The molecule has 27 heavy (non-hydrogen) atoms. The number of fused-ring (bicyclic) bond motifs is 1. The van der Waals surface area contributed by atoms with Gasteiger partial charge >= 0.3 is 0 Å². The van der Waals surface area contributed by atoms with Crippen molar-refractivity contribution in [2.45, 2.75) is 31.8 Å². The topological polar surface area (TPSA) is 72.6 Å². The molecular weight excluding hydrogens is 342 g/mol. The molecule has 140 valence electrons. The first-order valence-electron chi connectivity index (χ1n) is 9.33. The molecule has 7 heteroatoms. The lowest BCUT2D eigenvalue weighted by molar-refractivity contribution is 0.0763. The minimum absolute atomic E-state index is 0.0268. The molecule has 1 amide bonds. The number of benzene rings is 1. The van der Waals surface area contributed by atoms with E-state index in [2.05, 4.69) is 15.1 Å². The summed E-state index contributed by atoms with van der Waals surface area (Å²) in [5, 5.41) is 4.11. The molecule has 0 spiro atoms. The lowest BCUT2D eigenvalue weighted by Gasteiger charge is -2.18. The zero-order valence-corrected chi connectivity index (χ0v) is 15.4. The first-order valence-corrected chi connectivity index (χ1v) is 9.33. The van der Waals surface area contributed by atoms with Crippen LogP contribution in [0.4, 0.5) is 0 Å². The van der Waals surface area contributed by atoms with E-state index in [4.69, 9.17) is 4.74 Å². The van der Waals surface area contributed by atoms with Crippen LogP contribution >= 0.6 is 0 Å². The van der Waals surface area contributed by atoms with Crippen LogP contribution in [0.5, 0.6) is 0 Å². The molecule has 1 atom stereocenters. The lowest BCUT2D eigenvalue weighted by Crippen LogP contribution is -2.28. The number of amides is 1. The molecule has 0 N–H and O–H groups in total. The maximum atomic E-state index is 12.8. The van der Waals surface area contributed by atoms with E-state index >= 15 is 0 Å². The van der Waals surface area contributed by atoms with E-state index in [0.717, 1.165) is 50.0 Å². The number of rotatable bonds is 6. The highest BCUT2D eigenvalue weighted by molar-refractivity contribution is 5.95. The van der Waals surface area contributed by atoms with Crippen molar-refractivity contribution in [3.8, 4) is 11.1 Å². The van der Waals surface area contributed by atoms with Crippen molar-refractivity contribution < 1.29 is 9.53 Å². The molecular formula is C20H23N5O2. The van der Waals surface area contributed by atoms with E-state index in [9.17, 15) is 4.79 Å². The van der Waals surface area contributed by atoms with Crippen molar-refractivity contribution in [3.05, 3.63) is 48.5 Å². The van der Waals surface area contributed by atoms with Crippen LogP contribution in [-0.4, -0.2) is 56.7 Å². The third-order valence-corrected chi connectivity index (χ3v) is 4.97. The second-order valence-corrected chi connectivity index (χ2v) is 6.93. The zero-order valence-electron chi connectivity index (χ0n) is 15.4. The molecule has 1 saturated heterocycles. The normalized spacial score (nSPS) is 16.7. The summed E-state index contributed by atoms with van der Waals surface area (Å²) in [6.07, 6.45) is 9.73. The molecule has 1 aromatic carbocycles. The van der Waals surface area contributed by atoms with Gasteiger partial charge in [-0.05, 0) is 43.4 Å². The van der Waals surface area contributed by atoms with E-state index < -0.39 is 0 Å². The Morgan fingerprint density at radius 2 is 2.26 bits per heavy atom. The molecule has 0 bridgehead atoms. The summed E-state index contributed by atoms with van der Waals surface area (Å²) in [6, 6.07) is 7.62. The van der Waals surface area contributed by atoms with Crippen molar-refractivity contribution in [1.82, 2.24) is 24.5 Å². The van der Waals surface area contributed by atoms with Gasteiger partial charge in [0, 0.05) is 43.7 Å². The van der Waals surface area contributed by atoms with E-state index in [1.54, 1.807) is 15.6 Å². The standard InChI is InChI=1S/C20H23N5O2/c1-24(9-3-7-18-8-4-10-27-18)19(26)16-6-2-5-15(11-16)17-12-21-20-22-14-23-25(20)13-17/h2,5-6,11-14,18H,3-4,7-10H2,1H3/t18-/m1/s1. The third-order valence-electron chi connectivity index (χ3n) is 4.97. The number of nitrogens with zero attached hydrogens (tertiary/aromatic N) is 5. The summed E-state index contributed by atoms with van der Waals surface area (Å²) in [7, 11) is 1.85. The number of carbonyl (C=O) groups is 1. The number of hydrogen-bond donors (Lipinski definition) is 0. The van der Waals surface area contributed by atoms with Crippen LogP contribution in [0.1, 0.15) is 36.0 Å². The van der Waals surface area contributed by atoms with Gasteiger partial charge in [0.05, 0.1) is 6.10 Å². The van der Waals surface area contributed by atoms with E-state index in [1.807, 2.05) is 37.5 Å². The fraction of sp³-hybridized carbons (Fsp3) is 0.400. The Morgan fingerprint density at radius 3 is 3.11 bits per heavy atom. The predicted molar refractivity (Wildman–Crippen MR) is 101 cm³/mol. The molecule has 1 aliphatic rings. The Balaban J connectivity index is 1.43. The molecule has 3 aromatic rings. The predicted octanol–water partition coefficient (Wildman–Crippen LogP) is 2.82. The summed E-state index contributed by atoms with van der Waals surface area (Å²) in [6.45, 7) is 1.61. The van der Waals surface area contributed by atoms with Crippen LogP contribution in [0, 0.1) is 0 Å². The SMILES string of the molecule is CN(CCC[C@@H]1CCCO1)C(=O)c1cccc(-c2cnc3ncnn3c2)c1. The molecule has 4 rings (SSSR count). The average molecular weight is 365 g/mol. The van der Waals surface area contributed by atoms with E-state index in [0.29, 0.717) is 17.4 Å². The second-order valence-electron chi connectivity index (χ2n) is 6.93. The molecule has 0 aliphatic carbocycles. The van der Waals surface area contributed by atoms with Gasteiger partial charge in [-0.1, -0.05) is 12.1 Å². The molecule has 1 aliphatic heterocycles. The van der Waals surface area contributed by atoms with Gasteiger partial charge in [0.15, 0.2) is 0 Å². The first kappa shape index (κ1) is 17.6.